The molecular formula is C60H65ClN7O14PSi. The number of fused-ring (bicyclic) bond motifs is 1. The van der Waals surface area contributed by atoms with Crippen molar-refractivity contribution in [1.82, 2.24) is 29.1 Å². The molecule has 5 heterocycles. The van der Waals surface area contributed by atoms with Gasteiger partial charge in [-0.2, -0.15) is 0 Å². The molecule has 8 atom stereocenters. The molecule has 21 nitrogen and oxygen atoms in total. The Kier molecular flexibility index (Phi) is 17.6. The number of anilines is 1. The molecule has 1 unspecified atom stereocenters. The molecule has 1 amide bonds. The van der Waals surface area contributed by atoms with Crippen molar-refractivity contribution < 1.29 is 56.1 Å². The van der Waals surface area contributed by atoms with Crippen LogP contribution in [0.5, 0.6) is 17.2 Å². The van der Waals surface area contributed by atoms with Crippen LogP contribution in [-0.4, -0.2) is 106 Å². The average molecular weight is 1200 g/mol. The molecule has 0 aliphatic carbocycles. The number of carbonyl (C=O) groups is 1. The van der Waals surface area contributed by atoms with Gasteiger partial charge in [0, 0.05) is 23.7 Å². The quantitative estimate of drug-likeness (QED) is 0.0344. The van der Waals surface area contributed by atoms with Crippen LogP contribution in [-0.2, 0) is 37.9 Å². The first-order chi connectivity index (χ1) is 40.2. The number of benzene rings is 5. The summed E-state index contributed by atoms with van der Waals surface area (Å²) in [5.41, 5.74) is 0.360. The number of imidazole rings is 1. The second-order valence-electron chi connectivity index (χ2n) is 21.8. The average Bonchev–Trinajstić information content (AvgIpc) is 2.65. The molecule has 24 heteroatoms. The minimum atomic E-state index is -5.08. The van der Waals surface area contributed by atoms with E-state index in [2.05, 4.69) is 59.1 Å². The largest absolute Gasteiger partial charge is 0.530 e. The number of para-hydroxylation sites is 1. The fourth-order valence-electron chi connectivity index (χ4n) is 9.93. The summed E-state index contributed by atoms with van der Waals surface area (Å²) in [4.78, 5) is 55.0. The highest BCUT2D eigenvalue weighted by molar-refractivity contribution is 7.49. The Hall–Kier alpha value is -7.34. The van der Waals surface area contributed by atoms with E-state index in [0.29, 0.717) is 33.8 Å². The van der Waals surface area contributed by atoms with Crippen molar-refractivity contribution in [2.24, 2.45) is 0 Å². The predicted octanol–water partition coefficient (Wildman–Crippen LogP) is 10.1. The molecule has 0 spiro atoms. The van der Waals surface area contributed by atoms with Gasteiger partial charge in [0.15, 0.2) is 31.5 Å². The van der Waals surface area contributed by atoms with Crippen LogP contribution in [0.3, 0.4) is 0 Å². The van der Waals surface area contributed by atoms with E-state index < -0.39 is 88.5 Å². The van der Waals surface area contributed by atoms with Gasteiger partial charge >= 0.3 is 13.5 Å². The van der Waals surface area contributed by atoms with Crippen molar-refractivity contribution >= 4 is 50.6 Å². The van der Waals surface area contributed by atoms with Gasteiger partial charge in [-0.25, -0.2) is 24.3 Å². The molecular weight excluding hydrogens is 1140 g/mol. The zero-order valence-corrected chi connectivity index (χ0v) is 50.1. The number of rotatable bonds is 21. The lowest BCUT2D eigenvalue weighted by Gasteiger charge is -2.39. The second-order valence-corrected chi connectivity index (χ2v) is 28.5. The zero-order valence-electron chi connectivity index (χ0n) is 47.4. The topological polar surface area (TPSA) is 248 Å². The van der Waals surface area contributed by atoms with Crippen LogP contribution < -0.4 is 30.6 Å². The van der Waals surface area contributed by atoms with E-state index in [1.807, 2.05) is 78.9 Å². The highest BCUT2D eigenvalue weighted by Crippen LogP contribution is 2.56. The Balaban J connectivity index is 1.06. The monoisotopic (exact) mass is 1200 g/mol. The van der Waals surface area contributed by atoms with E-state index in [1.165, 1.54) is 40.1 Å². The summed E-state index contributed by atoms with van der Waals surface area (Å²) < 4.78 is 77.0. The third-order valence-corrected chi connectivity index (χ3v) is 21.6. The van der Waals surface area contributed by atoms with Crippen LogP contribution in [0.25, 0.3) is 11.2 Å². The second kappa shape index (κ2) is 24.7. The lowest BCUT2D eigenvalue weighted by atomic mass is 9.80. The predicted molar refractivity (Wildman–Crippen MR) is 315 cm³/mol. The molecule has 5 aromatic carbocycles. The minimum Gasteiger partial charge on any atom is -0.497 e. The first-order valence-electron chi connectivity index (χ1n) is 27.1. The molecule has 0 saturated carbocycles. The van der Waals surface area contributed by atoms with Crippen molar-refractivity contribution in [2.75, 3.05) is 32.8 Å². The number of aryl methyl sites for hydroxylation is 1. The Morgan fingerprint density at radius 2 is 1.43 bits per heavy atom. The van der Waals surface area contributed by atoms with Crippen LogP contribution in [0.4, 0.5) is 5.82 Å². The summed E-state index contributed by atoms with van der Waals surface area (Å²) >= 11 is 6.72. The van der Waals surface area contributed by atoms with Gasteiger partial charge in [0.2, 0.25) is 0 Å². The molecule has 3 aromatic heterocycles. The smallest absolute Gasteiger partial charge is 0.497 e. The lowest BCUT2D eigenvalue weighted by molar-refractivity contribution is -0.0945. The molecule has 0 bridgehead atoms. The summed E-state index contributed by atoms with van der Waals surface area (Å²) in [5.74, 6) is 0.741. The standard InChI is InChI=1S/C60H65ClN7O14PSi/c1-37-32-67(58(72)66-55(37)70)49-31-46(82-84(7,8)59(2,3)4)47(78-49)34-77-83(73,80-45-22-16-15-21-44(45)61)81-52-48(79-57(51(52)69)68-36-64-50-53(62-35-63-54(50)68)65-56(71)38-17-11-9-12-18-38)33-76-60(39-19-13-10-14-20-39,40-23-27-42(74-5)28-24-40)41-25-29-43(75-6)30-26-41/h9-30,32,35-36,46-49,51-52,57,69H,31,33-34H2,1-8H3,(H,66,70,72)(H,62,63,65,71)/t46-,47+,48+,49+,51+,52+,57+,83?/m0/s1. The van der Waals surface area contributed by atoms with Gasteiger partial charge in [-0.05, 0) is 90.3 Å². The normalized spacial score (nSPS) is 20.8. The Morgan fingerprint density at radius 1 is 0.810 bits per heavy atom. The maximum Gasteiger partial charge on any atom is 0.530 e. The van der Waals surface area contributed by atoms with E-state index in [4.69, 9.17) is 53.3 Å². The van der Waals surface area contributed by atoms with Gasteiger partial charge in [-0.3, -0.25) is 32.8 Å². The molecule has 2 aliphatic heterocycles. The SMILES string of the molecule is COc1ccc(C(OC[C@H]2O[C@@H](n3cnc4c(NC(=O)c5ccccc5)ncnc43)[C@H](O)[C@@H]2OP(=O)(OC[C@H]2O[C@@H](n3cc(C)c(=O)[nH]c3=O)C[C@@H]2O[Si](C)(C)C(C)(C)C)Oc2ccccc2Cl)(c2ccccc2)c2ccc(OC)cc2)cc1. The summed E-state index contributed by atoms with van der Waals surface area (Å²) in [5, 5.41) is 15.5. The van der Waals surface area contributed by atoms with E-state index >= 15 is 4.57 Å². The molecule has 0 radical (unpaired) electrons. The van der Waals surface area contributed by atoms with Gasteiger partial charge in [-0.15, -0.1) is 0 Å². The van der Waals surface area contributed by atoms with Crippen molar-refractivity contribution in [3.63, 3.8) is 0 Å². The number of aliphatic hydroxyl groups is 1. The number of hydrogen-bond acceptors (Lipinski definition) is 17. The highest BCUT2D eigenvalue weighted by Gasteiger charge is 2.53. The summed E-state index contributed by atoms with van der Waals surface area (Å²) in [7, 11) is -4.53. The molecule has 2 aliphatic rings. The number of aliphatic hydroxyl groups excluding tert-OH is 1. The molecule has 2 fully saturated rings. The first kappa shape index (κ1) is 59.8. The van der Waals surface area contributed by atoms with E-state index in [-0.39, 0.29) is 51.4 Å². The Labute approximate surface area is 490 Å². The first-order valence-corrected chi connectivity index (χ1v) is 31.8. The molecule has 10 rings (SSSR count). The number of H-pyrrole nitrogens is 1. The highest BCUT2D eigenvalue weighted by atomic mass is 35.5. The fourth-order valence-corrected chi connectivity index (χ4v) is 13.0. The number of nitrogens with zero attached hydrogens (tertiary/aromatic N) is 5. The third kappa shape index (κ3) is 12.4. The maximum atomic E-state index is 16.0. The number of carbonyl (C=O) groups excluding carboxylic acids is 1. The number of nitrogens with one attached hydrogen (secondary N) is 2. The molecule has 3 N–H and O–H groups in total. The number of halogens is 1. The lowest BCUT2D eigenvalue weighted by Crippen LogP contribution is -2.46. The fraction of sp³-hybridized carbons (Fsp3) is 0.333. The number of aromatic amines is 1. The van der Waals surface area contributed by atoms with Gasteiger partial charge in [0.05, 0.1) is 44.9 Å². The van der Waals surface area contributed by atoms with Gasteiger partial charge in [-0.1, -0.05) is 117 Å². The van der Waals surface area contributed by atoms with E-state index in [1.54, 1.807) is 63.6 Å². The molecule has 440 valence electrons. The van der Waals surface area contributed by atoms with Gasteiger partial charge in [0.1, 0.15) is 59.8 Å². The van der Waals surface area contributed by atoms with Crippen LogP contribution >= 0.6 is 19.4 Å². The number of ether oxygens (including phenoxy) is 5. The Morgan fingerprint density at radius 3 is 2.06 bits per heavy atom. The van der Waals surface area contributed by atoms with Crippen molar-refractivity contribution in [2.45, 2.75) is 101 Å². The molecule has 2 saturated heterocycles. The van der Waals surface area contributed by atoms with E-state index in [0.717, 1.165) is 0 Å². The zero-order chi connectivity index (χ0) is 59.6. The Bertz CT molecular complexity index is 3730. The van der Waals surface area contributed by atoms with Crippen LogP contribution in [0.1, 0.15) is 72.3 Å². The summed E-state index contributed by atoms with van der Waals surface area (Å²) in [6.07, 6.45) is -4.62. The number of amides is 1. The van der Waals surface area contributed by atoms with Crippen molar-refractivity contribution in [3.8, 4) is 17.2 Å². The summed E-state index contributed by atoms with van der Waals surface area (Å²) in [6.45, 7) is 11.1. The number of hydrogen-bond donors (Lipinski definition) is 3. The third-order valence-electron chi connectivity index (χ3n) is 15.4. The van der Waals surface area contributed by atoms with Gasteiger partial charge < -0.3 is 43.1 Å². The number of phosphoric ester groups is 1. The number of phosphoric acid groups is 1. The summed E-state index contributed by atoms with van der Waals surface area (Å²) in [6, 6.07) is 39.2. The number of methoxy groups -OCH3 is 2. The number of aromatic nitrogens is 6. The molecule has 84 heavy (non-hydrogen) atoms. The van der Waals surface area contributed by atoms with Crippen molar-refractivity contribution in [3.05, 3.63) is 206 Å². The van der Waals surface area contributed by atoms with Crippen LogP contribution in [0.15, 0.2) is 162 Å². The van der Waals surface area contributed by atoms with E-state index in [9.17, 15) is 19.5 Å². The van der Waals surface area contributed by atoms with Gasteiger partial charge in [0.25, 0.3) is 11.5 Å². The minimum absolute atomic E-state index is 0.0568. The van der Waals surface area contributed by atoms with Crippen LogP contribution in [0.2, 0.25) is 23.2 Å². The van der Waals surface area contributed by atoms with Crippen molar-refractivity contribution in [1.29, 1.82) is 0 Å². The molecule has 8 aromatic rings. The maximum absolute atomic E-state index is 16.0. The van der Waals surface area contributed by atoms with Crippen LogP contribution in [0, 0.1) is 6.92 Å².